The van der Waals surface area contributed by atoms with Gasteiger partial charge in [-0.1, -0.05) is 71.9 Å². The molecule has 1 unspecified atom stereocenters. The van der Waals surface area contributed by atoms with E-state index in [0.717, 1.165) is 41.0 Å². The van der Waals surface area contributed by atoms with E-state index in [-0.39, 0.29) is 29.3 Å². The molecule has 1 aliphatic rings. The molecule has 5 heterocycles. The van der Waals surface area contributed by atoms with Gasteiger partial charge in [-0.2, -0.15) is 5.10 Å². The molecule has 0 saturated carbocycles. The lowest BCUT2D eigenvalue weighted by molar-refractivity contribution is 0.0705. The van der Waals surface area contributed by atoms with Crippen LogP contribution in [0.15, 0.2) is 122 Å². The van der Waals surface area contributed by atoms with Crippen LogP contribution >= 0.6 is 0 Å². The Morgan fingerprint density at radius 1 is 0.873 bits per heavy atom. The zero-order valence-electron chi connectivity index (χ0n) is 30.1. The number of aromatic amines is 1. The number of amides is 3. The highest BCUT2D eigenvalue weighted by molar-refractivity contribution is 6.04. The van der Waals surface area contributed by atoms with Crippen LogP contribution < -0.4 is 10.6 Å². The highest BCUT2D eigenvalue weighted by Crippen LogP contribution is 2.32. The molecule has 7 aromatic rings. The summed E-state index contributed by atoms with van der Waals surface area (Å²) < 4.78 is 4.06. The lowest BCUT2D eigenvalue weighted by atomic mass is 9.93. The Morgan fingerprint density at radius 2 is 1.67 bits per heavy atom. The molecule has 276 valence electrons. The fourth-order valence-corrected chi connectivity index (χ4v) is 7.20. The van der Waals surface area contributed by atoms with Gasteiger partial charge >= 0.3 is 0 Å². The third-order valence-electron chi connectivity index (χ3n) is 9.95. The van der Waals surface area contributed by atoms with Crippen LogP contribution in [-0.4, -0.2) is 77.0 Å². The summed E-state index contributed by atoms with van der Waals surface area (Å²) in [7, 11) is 0. The number of hydrogen-bond donors (Lipinski definition) is 3. The summed E-state index contributed by atoms with van der Waals surface area (Å²) in [4.78, 5) is 45.6. The molecule has 3 aromatic carbocycles. The number of piperidine rings is 1. The third kappa shape index (κ3) is 7.91. The summed E-state index contributed by atoms with van der Waals surface area (Å²) >= 11 is 0. The first-order chi connectivity index (χ1) is 27.0. The SMILES string of the molecule is O=C(Nc1cn[nH]c1C1CCCN(C(=O)c2ccnc(C(=O)NCCCn3cc(Cn4c(-c5ccccc5)cc5ccccc54)nn3)c2)C1)c1ccccc1. The van der Waals surface area contributed by atoms with E-state index >= 15 is 0 Å². The molecule has 3 amide bonds. The number of anilines is 1. The van der Waals surface area contributed by atoms with Crippen molar-refractivity contribution in [1.29, 1.82) is 0 Å². The van der Waals surface area contributed by atoms with Crippen molar-refractivity contribution in [1.82, 2.24) is 45.0 Å². The minimum absolute atomic E-state index is 0.0440. The number of nitrogens with zero attached hydrogens (tertiary/aromatic N) is 7. The number of H-pyrrole nitrogens is 1. The number of carbonyl (C=O) groups excluding carboxylic acids is 3. The average molecular weight is 733 g/mol. The number of likely N-dealkylation sites (tertiary alicyclic amines) is 1. The first-order valence-electron chi connectivity index (χ1n) is 18.5. The van der Waals surface area contributed by atoms with Gasteiger partial charge in [0.15, 0.2) is 0 Å². The van der Waals surface area contributed by atoms with Crippen LogP contribution in [0.4, 0.5) is 5.69 Å². The van der Waals surface area contributed by atoms with E-state index in [1.165, 1.54) is 11.6 Å². The van der Waals surface area contributed by atoms with Gasteiger partial charge in [-0.05, 0) is 61.2 Å². The van der Waals surface area contributed by atoms with Crippen molar-refractivity contribution >= 4 is 34.3 Å². The standard InChI is InChI=1S/C42H40N10O3/c53-40(30-13-5-2-6-14-30)46-36-25-45-48-39(36)33-16-9-21-50(26-33)42(55)32-18-20-43-35(23-32)41(54)44-19-10-22-51-27-34(47-49-51)28-52-37-17-8-7-15-31(37)24-38(52)29-11-3-1-4-12-29/h1-8,11-15,17-18,20,23-25,27,33H,9-10,16,19,21-22,26,28H2,(H,44,54)(H,45,48)(H,46,53). The van der Waals surface area contributed by atoms with Gasteiger partial charge in [0.2, 0.25) is 0 Å². The lowest BCUT2D eigenvalue weighted by Gasteiger charge is -2.32. The second kappa shape index (κ2) is 16.0. The van der Waals surface area contributed by atoms with Gasteiger partial charge in [0.1, 0.15) is 11.4 Å². The van der Waals surface area contributed by atoms with Gasteiger partial charge in [0.05, 0.1) is 30.3 Å². The van der Waals surface area contributed by atoms with Crippen molar-refractivity contribution in [2.75, 3.05) is 25.0 Å². The van der Waals surface area contributed by atoms with E-state index in [9.17, 15) is 14.4 Å². The van der Waals surface area contributed by atoms with Crippen molar-refractivity contribution in [2.24, 2.45) is 0 Å². The Hall–Kier alpha value is -6.89. The van der Waals surface area contributed by atoms with Gasteiger partial charge < -0.3 is 20.1 Å². The summed E-state index contributed by atoms with van der Waals surface area (Å²) in [5.41, 5.74) is 6.73. The van der Waals surface area contributed by atoms with E-state index in [2.05, 4.69) is 71.0 Å². The Balaban J connectivity index is 0.844. The highest BCUT2D eigenvalue weighted by atomic mass is 16.2. The summed E-state index contributed by atoms with van der Waals surface area (Å²) in [5.74, 6) is -0.800. The lowest BCUT2D eigenvalue weighted by Crippen LogP contribution is -2.39. The average Bonchev–Trinajstić information content (AvgIpc) is 3.99. The molecule has 0 bridgehead atoms. The molecular formula is C42H40N10O3. The number of para-hydroxylation sites is 1. The van der Waals surface area contributed by atoms with Crippen molar-refractivity contribution in [3.05, 3.63) is 150 Å². The zero-order chi connectivity index (χ0) is 37.6. The van der Waals surface area contributed by atoms with Gasteiger partial charge in [0, 0.05) is 66.0 Å². The van der Waals surface area contributed by atoms with Crippen molar-refractivity contribution in [2.45, 2.75) is 38.3 Å². The van der Waals surface area contributed by atoms with Crippen molar-refractivity contribution < 1.29 is 14.4 Å². The molecule has 0 spiro atoms. The second-order valence-corrected chi connectivity index (χ2v) is 13.7. The molecule has 0 radical (unpaired) electrons. The fraction of sp³-hybridized carbons (Fsp3) is 0.214. The molecule has 1 saturated heterocycles. The largest absolute Gasteiger partial charge is 0.351 e. The van der Waals surface area contributed by atoms with Crippen LogP contribution in [0, 0.1) is 0 Å². The number of pyridine rings is 1. The summed E-state index contributed by atoms with van der Waals surface area (Å²) in [6, 6.07) is 33.0. The van der Waals surface area contributed by atoms with Crippen LogP contribution in [0.25, 0.3) is 22.2 Å². The van der Waals surface area contributed by atoms with E-state index in [1.807, 2.05) is 54.7 Å². The Labute approximate surface area is 317 Å². The molecular weight excluding hydrogens is 693 g/mol. The Bertz CT molecular complexity index is 2440. The molecule has 8 rings (SSSR count). The molecule has 1 aliphatic heterocycles. The van der Waals surface area contributed by atoms with E-state index in [4.69, 9.17) is 0 Å². The highest BCUT2D eigenvalue weighted by Gasteiger charge is 2.29. The van der Waals surface area contributed by atoms with Crippen LogP contribution in [0.1, 0.15) is 67.8 Å². The number of aromatic nitrogens is 7. The zero-order valence-corrected chi connectivity index (χ0v) is 30.1. The Morgan fingerprint density at radius 3 is 2.53 bits per heavy atom. The minimum atomic E-state index is -0.352. The van der Waals surface area contributed by atoms with E-state index in [0.29, 0.717) is 56.0 Å². The molecule has 0 aliphatic carbocycles. The van der Waals surface area contributed by atoms with Gasteiger partial charge in [-0.25, -0.2) is 0 Å². The number of carbonyl (C=O) groups is 3. The van der Waals surface area contributed by atoms with Gasteiger partial charge in [0.25, 0.3) is 17.7 Å². The van der Waals surface area contributed by atoms with Crippen molar-refractivity contribution in [3.63, 3.8) is 0 Å². The summed E-state index contributed by atoms with van der Waals surface area (Å²) in [6.07, 6.45) is 7.28. The Kier molecular flexibility index (Phi) is 10.2. The molecule has 1 atom stereocenters. The molecule has 55 heavy (non-hydrogen) atoms. The first kappa shape index (κ1) is 35.2. The number of benzene rings is 3. The third-order valence-corrected chi connectivity index (χ3v) is 9.95. The smallest absolute Gasteiger partial charge is 0.269 e. The summed E-state index contributed by atoms with van der Waals surface area (Å²) in [6.45, 7) is 2.57. The van der Waals surface area contributed by atoms with Crippen LogP contribution in [-0.2, 0) is 13.1 Å². The topological polar surface area (TPSA) is 156 Å². The molecule has 3 N–H and O–H groups in total. The first-order valence-corrected chi connectivity index (χ1v) is 18.5. The van der Waals surface area contributed by atoms with E-state index < -0.39 is 0 Å². The number of aryl methyl sites for hydroxylation is 1. The second-order valence-electron chi connectivity index (χ2n) is 13.7. The minimum Gasteiger partial charge on any atom is -0.351 e. The number of fused-ring (bicyclic) bond motifs is 1. The van der Waals surface area contributed by atoms with E-state index in [1.54, 1.807) is 40.0 Å². The molecule has 13 heteroatoms. The normalized spacial score (nSPS) is 14.2. The summed E-state index contributed by atoms with van der Waals surface area (Å²) in [5, 5.41) is 23.1. The van der Waals surface area contributed by atoms with Gasteiger partial charge in [-0.15, -0.1) is 5.10 Å². The van der Waals surface area contributed by atoms with Crippen LogP contribution in [0.5, 0.6) is 0 Å². The van der Waals surface area contributed by atoms with Crippen molar-refractivity contribution in [3.8, 4) is 11.3 Å². The predicted molar refractivity (Wildman–Crippen MR) is 209 cm³/mol. The van der Waals surface area contributed by atoms with Crippen LogP contribution in [0.2, 0.25) is 0 Å². The molecule has 1 fully saturated rings. The maximum absolute atomic E-state index is 13.7. The van der Waals surface area contributed by atoms with Gasteiger partial charge in [-0.3, -0.25) is 29.1 Å². The monoisotopic (exact) mass is 732 g/mol. The molecule has 13 nitrogen and oxygen atoms in total. The maximum Gasteiger partial charge on any atom is 0.269 e. The number of hydrogen-bond acceptors (Lipinski definition) is 7. The quantitative estimate of drug-likeness (QED) is 0.127. The van der Waals surface area contributed by atoms with Crippen LogP contribution in [0.3, 0.4) is 0 Å². The predicted octanol–water partition coefficient (Wildman–Crippen LogP) is 6.16. The maximum atomic E-state index is 13.7. The fourth-order valence-electron chi connectivity index (χ4n) is 7.20. The number of rotatable bonds is 12. The number of nitrogens with one attached hydrogen (secondary N) is 3. The molecule has 4 aromatic heterocycles.